The van der Waals surface area contributed by atoms with Crippen molar-refractivity contribution in [1.82, 2.24) is 0 Å². The zero-order valence-corrected chi connectivity index (χ0v) is 21.8. The van der Waals surface area contributed by atoms with Gasteiger partial charge in [-0.05, 0) is 63.5 Å². The van der Waals surface area contributed by atoms with Gasteiger partial charge in [0.2, 0.25) is 6.10 Å². The van der Waals surface area contributed by atoms with Gasteiger partial charge in [-0.1, -0.05) is 6.07 Å². The zero-order valence-electron chi connectivity index (χ0n) is 21.8. The van der Waals surface area contributed by atoms with Crippen LogP contribution in [-0.2, 0) is 36.0 Å². The van der Waals surface area contributed by atoms with Gasteiger partial charge in [-0.2, -0.15) is 26.3 Å². The highest BCUT2D eigenvalue weighted by Crippen LogP contribution is 2.36. The van der Waals surface area contributed by atoms with Crippen LogP contribution in [0.2, 0.25) is 0 Å². The highest BCUT2D eigenvalue weighted by Gasteiger charge is 2.51. The van der Waals surface area contributed by atoms with Gasteiger partial charge in [0, 0.05) is 0 Å². The molecule has 9 nitrogen and oxygen atoms in total. The predicted molar refractivity (Wildman–Crippen MR) is 128 cm³/mol. The molecular weight excluding hydrogens is 569 g/mol. The van der Waals surface area contributed by atoms with Gasteiger partial charge < -0.3 is 28.6 Å². The summed E-state index contributed by atoms with van der Waals surface area (Å²) in [6.45, 7) is 6.58. The molecule has 1 aliphatic heterocycles. The molecule has 222 valence electrons. The first-order valence-corrected chi connectivity index (χ1v) is 11.9. The Kier molecular flexibility index (Phi) is 9.16. The van der Waals surface area contributed by atoms with Crippen molar-refractivity contribution in [3.63, 3.8) is 0 Å². The Bertz CT molecular complexity index is 1250. The summed E-state index contributed by atoms with van der Waals surface area (Å²) in [5, 5.41) is 9.71. The number of rotatable bonds is 9. The number of carbonyl (C=O) groups is 3. The minimum absolute atomic E-state index is 0.0521. The lowest BCUT2D eigenvalue weighted by molar-refractivity contribution is -0.158. The summed E-state index contributed by atoms with van der Waals surface area (Å²) < 4.78 is 106. The van der Waals surface area contributed by atoms with Gasteiger partial charge in [0.15, 0.2) is 6.10 Å². The highest BCUT2D eigenvalue weighted by molar-refractivity contribution is 6.64. The van der Waals surface area contributed by atoms with Crippen LogP contribution in [0.5, 0.6) is 11.5 Å². The molecule has 0 spiro atoms. The highest BCUT2D eigenvalue weighted by atomic mass is 19.4. The van der Waals surface area contributed by atoms with Crippen LogP contribution in [0.25, 0.3) is 0 Å². The molecule has 2 atom stereocenters. The summed E-state index contributed by atoms with van der Waals surface area (Å²) in [6.07, 6.45) is -16.0. The second-order valence-electron chi connectivity index (χ2n) is 9.29. The molecule has 1 unspecified atom stereocenters. The van der Waals surface area contributed by atoms with Crippen molar-refractivity contribution < 1.29 is 69.4 Å². The summed E-state index contributed by atoms with van der Waals surface area (Å²) in [6, 6.07) is 4.61. The number of benzene rings is 2. The van der Waals surface area contributed by atoms with E-state index in [-0.39, 0.29) is 35.3 Å². The number of carboxylic acid groups (broad SMARTS) is 1. The van der Waals surface area contributed by atoms with Crippen LogP contribution in [0.3, 0.4) is 0 Å². The number of hydrogen-bond acceptors (Lipinski definition) is 8. The average molecular weight is 592 g/mol. The van der Waals surface area contributed by atoms with Crippen LogP contribution in [0.15, 0.2) is 36.4 Å². The van der Waals surface area contributed by atoms with Crippen molar-refractivity contribution >= 4 is 30.5 Å². The van der Waals surface area contributed by atoms with Crippen LogP contribution in [0, 0.1) is 0 Å². The third-order valence-electron chi connectivity index (χ3n) is 5.28. The first-order chi connectivity index (χ1) is 18.9. The number of aliphatic carboxylic acids is 1. The molecular formula is C25H23BF6O9. The quantitative estimate of drug-likeness (QED) is 0.259. The molecule has 0 amide bonds. The van der Waals surface area contributed by atoms with E-state index in [1.807, 2.05) is 0 Å². The van der Waals surface area contributed by atoms with Crippen LogP contribution in [0.4, 0.5) is 26.3 Å². The van der Waals surface area contributed by atoms with Gasteiger partial charge in [-0.3, -0.25) is 4.79 Å². The van der Waals surface area contributed by atoms with Crippen molar-refractivity contribution in [3.05, 3.63) is 53.1 Å². The van der Waals surface area contributed by atoms with E-state index in [1.54, 1.807) is 27.7 Å². The molecule has 2 aromatic rings. The summed E-state index contributed by atoms with van der Waals surface area (Å²) in [5.74, 6) is -4.86. The van der Waals surface area contributed by atoms with Crippen molar-refractivity contribution in [2.75, 3.05) is 0 Å². The topological polar surface area (TPSA) is 118 Å². The molecule has 0 radical (unpaired) electrons. The fourth-order valence-electron chi connectivity index (χ4n) is 3.68. The molecule has 0 aromatic heterocycles. The van der Waals surface area contributed by atoms with Crippen LogP contribution >= 0.6 is 0 Å². The number of esters is 1. The van der Waals surface area contributed by atoms with E-state index < -0.39 is 78.4 Å². The van der Waals surface area contributed by atoms with Crippen LogP contribution in [-0.4, -0.2) is 54.5 Å². The molecule has 2 aromatic carbocycles. The fourth-order valence-corrected chi connectivity index (χ4v) is 3.68. The van der Waals surface area contributed by atoms with Crippen molar-refractivity contribution in [2.45, 2.75) is 64.5 Å². The maximum atomic E-state index is 13.3. The molecule has 1 saturated heterocycles. The second kappa shape index (κ2) is 11.9. The minimum Gasteiger partial charge on any atom is -0.504 e. The number of carboxylic acids is 1. The first kappa shape index (κ1) is 31.6. The SMILES string of the molecule is CC(C)Oc1cccc(OC(C)C)c1C(=O)OC(C(=O)O)[C@H]1OB(c2cc(C(F)(F)F)cc(C(F)(F)F)c2)OC1=O. The fraction of sp³-hybridized carbons (Fsp3) is 0.400. The Morgan fingerprint density at radius 3 is 1.80 bits per heavy atom. The maximum Gasteiger partial charge on any atom is 0.565 e. The van der Waals surface area contributed by atoms with Crippen molar-refractivity contribution in [2.24, 2.45) is 0 Å². The number of ether oxygens (including phenoxy) is 3. The summed E-state index contributed by atoms with van der Waals surface area (Å²) in [7, 11) is -2.17. The zero-order chi connectivity index (χ0) is 30.9. The number of halogens is 6. The lowest BCUT2D eigenvalue weighted by Gasteiger charge is -2.21. The number of alkyl halides is 6. The minimum atomic E-state index is -5.21. The number of carbonyl (C=O) groups excluding carboxylic acids is 2. The Morgan fingerprint density at radius 1 is 0.902 bits per heavy atom. The smallest absolute Gasteiger partial charge is 0.504 e. The van der Waals surface area contributed by atoms with E-state index in [9.17, 15) is 45.8 Å². The van der Waals surface area contributed by atoms with Gasteiger partial charge >= 0.3 is 37.4 Å². The Hall–Kier alpha value is -3.95. The molecule has 1 aliphatic rings. The Labute approximate surface area is 229 Å². The van der Waals surface area contributed by atoms with Crippen molar-refractivity contribution in [3.8, 4) is 11.5 Å². The molecule has 0 bridgehead atoms. The Balaban J connectivity index is 1.95. The van der Waals surface area contributed by atoms with Gasteiger partial charge in [0.05, 0.1) is 23.3 Å². The third-order valence-corrected chi connectivity index (χ3v) is 5.28. The predicted octanol–water partition coefficient (Wildman–Crippen LogP) is 4.25. The summed E-state index contributed by atoms with van der Waals surface area (Å²) in [5.41, 5.74) is -4.64. The van der Waals surface area contributed by atoms with Crippen LogP contribution in [0.1, 0.15) is 49.2 Å². The van der Waals surface area contributed by atoms with E-state index in [4.69, 9.17) is 23.5 Å². The lowest BCUT2D eigenvalue weighted by atomic mass is 9.77. The van der Waals surface area contributed by atoms with E-state index in [0.717, 1.165) is 0 Å². The normalized spacial score (nSPS) is 16.5. The molecule has 1 N–H and O–H groups in total. The summed E-state index contributed by atoms with van der Waals surface area (Å²) >= 11 is 0. The van der Waals surface area contributed by atoms with E-state index in [2.05, 4.69) is 0 Å². The third kappa shape index (κ3) is 7.62. The van der Waals surface area contributed by atoms with Gasteiger partial charge in [-0.25, -0.2) is 9.59 Å². The van der Waals surface area contributed by atoms with Gasteiger partial charge in [0.25, 0.3) is 0 Å². The van der Waals surface area contributed by atoms with Gasteiger partial charge in [-0.15, -0.1) is 0 Å². The molecule has 0 saturated carbocycles. The van der Waals surface area contributed by atoms with Crippen LogP contribution < -0.4 is 14.9 Å². The van der Waals surface area contributed by atoms with Crippen molar-refractivity contribution in [1.29, 1.82) is 0 Å². The van der Waals surface area contributed by atoms with E-state index >= 15 is 0 Å². The van der Waals surface area contributed by atoms with Gasteiger partial charge in [0.1, 0.15) is 17.1 Å². The lowest BCUT2D eigenvalue weighted by Crippen LogP contribution is -2.43. The average Bonchev–Trinajstić information content (AvgIpc) is 3.21. The molecule has 16 heteroatoms. The standard InChI is InChI=1S/C25H23BF6O9/c1-11(2)37-16-6-5-7-17(38-12(3)4)18(16)22(35)39-19(21(33)34)20-23(36)41-26(40-20)15-9-13(24(27,28)29)8-14(10-15)25(30,31)32/h5-12,19-20H,1-4H3,(H,33,34)/t19?,20-/m1/s1. The molecule has 1 heterocycles. The van der Waals surface area contributed by atoms with E-state index in [1.165, 1.54) is 18.2 Å². The monoisotopic (exact) mass is 592 g/mol. The maximum absolute atomic E-state index is 13.3. The molecule has 0 aliphatic carbocycles. The molecule has 3 rings (SSSR count). The second-order valence-corrected chi connectivity index (χ2v) is 9.29. The number of hydrogen-bond donors (Lipinski definition) is 1. The molecule has 1 fully saturated rings. The summed E-state index contributed by atoms with van der Waals surface area (Å²) in [4.78, 5) is 37.7. The first-order valence-electron chi connectivity index (χ1n) is 11.9. The molecule has 41 heavy (non-hydrogen) atoms. The van der Waals surface area contributed by atoms with E-state index in [0.29, 0.717) is 0 Å². The largest absolute Gasteiger partial charge is 0.565 e. The Morgan fingerprint density at radius 2 is 1.39 bits per heavy atom.